The zero-order chi connectivity index (χ0) is 17.4. The molecule has 0 amide bonds. The summed E-state index contributed by atoms with van der Waals surface area (Å²) in [6, 6.07) is 0. The molecule has 2 aliphatic carbocycles. The highest BCUT2D eigenvalue weighted by Crippen LogP contribution is 2.51. The van der Waals surface area contributed by atoms with Gasteiger partial charge in [-0.15, -0.1) is 0 Å². The molecule has 0 spiro atoms. The van der Waals surface area contributed by atoms with E-state index in [1.165, 1.54) is 7.11 Å². The molecule has 2 aliphatic rings. The maximum atomic E-state index is 12.6. The molecule has 0 radical (unpaired) electrons. The van der Waals surface area contributed by atoms with Crippen LogP contribution in [0.1, 0.15) is 53.9 Å². The predicted octanol–water partition coefficient (Wildman–Crippen LogP) is 3.16. The van der Waals surface area contributed by atoms with Crippen molar-refractivity contribution in [1.29, 1.82) is 0 Å². The first-order chi connectivity index (χ1) is 10.6. The average Bonchev–Trinajstić information content (AvgIpc) is 3.03. The van der Waals surface area contributed by atoms with E-state index < -0.39 is 5.41 Å². The fourth-order valence-corrected chi connectivity index (χ4v) is 3.51. The molecule has 0 aromatic carbocycles. The Morgan fingerprint density at radius 1 is 1.04 bits per heavy atom. The molecule has 2 saturated carbocycles. The van der Waals surface area contributed by atoms with Crippen molar-refractivity contribution >= 4 is 11.9 Å². The van der Waals surface area contributed by atoms with Crippen molar-refractivity contribution in [2.24, 2.45) is 28.6 Å². The average molecular weight is 326 g/mol. The Morgan fingerprint density at radius 3 is 2.22 bits per heavy atom. The highest BCUT2D eigenvalue weighted by Gasteiger charge is 2.53. The predicted molar refractivity (Wildman–Crippen MR) is 85.4 cm³/mol. The lowest BCUT2D eigenvalue weighted by Gasteiger charge is -2.38. The smallest absolute Gasteiger partial charge is 0.312 e. The maximum absolute atomic E-state index is 12.6. The summed E-state index contributed by atoms with van der Waals surface area (Å²) in [4.78, 5) is 24.8. The van der Waals surface area contributed by atoms with E-state index in [2.05, 4.69) is 0 Å². The van der Waals surface area contributed by atoms with Gasteiger partial charge in [0.15, 0.2) is 6.79 Å². The second kappa shape index (κ2) is 6.42. The van der Waals surface area contributed by atoms with Crippen LogP contribution in [0.2, 0.25) is 0 Å². The first kappa shape index (κ1) is 18.2. The summed E-state index contributed by atoms with van der Waals surface area (Å²) in [6.45, 7) is 9.95. The normalized spacial score (nSPS) is 30.3. The van der Waals surface area contributed by atoms with Crippen LogP contribution in [-0.4, -0.2) is 31.9 Å². The molecule has 0 aliphatic heterocycles. The van der Waals surface area contributed by atoms with Gasteiger partial charge in [-0.2, -0.15) is 0 Å². The quantitative estimate of drug-likeness (QED) is 0.573. The van der Waals surface area contributed by atoms with E-state index >= 15 is 0 Å². The molecule has 2 bridgehead atoms. The monoisotopic (exact) mass is 326 g/mol. The first-order valence-electron chi connectivity index (χ1n) is 8.44. The molecule has 0 saturated heterocycles. The third-order valence-corrected chi connectivity index (χ3v) is 6.02. The Hall–Kier alpha value is -1.10. The van der Waals surface area contributed by atoms with E-state index in [1.807, 2.05) is 34.6 Å². The second-order valence-corrected chi connectivity index (χ2v) is 8.53. The lowest BCUT2D eigenvalue weighted by atomic mass is 9.69. The van der Waals surface area contributed by atoms with Crippen LogP contribution in [0, 0.1) is 28.6 Å². The number of hydrogen-bond donors (Lipinski definition) is 0. The van der Waals surface area contributed by atoms with Crippen LogP contribution >= 0.6 is 0 Å². The number of carbonyl (C=O) groups is 2. The molecule has 5 heteroatoms. The highest BCUT2D eigenvalue weighted by molar-refractivity contribution is 5.77. The Balaban J connectivity index is 2.00. The number of carbonyl (C=O) groups excluding carboxylic acids is 2. The van der Waals surface area contributed by atoms with Crippen molar-refractivity contribution in [2.45, 2.75) is 60.0 Å². The lowest BCUT2D eigenvalue weighted by Crippen LogP contribution is -2.43. The van der Waals surface area contributed by atoms with Gasteiger partial charge in [-0.1, -0.05) is 20.8 Å². The summed E-state index contributed by atoms with van der Waals surface area (Å²) in [7, 11) is 1.49. The van der Waals surface area contributed by atoms with Crippen LogP contribution < -0.4 is 0 Å². The van der Waals surface area contributed by atoms with Crippen molar-refractivity contribution in [3.63, 3.8) is 0 Å². The van der Waals surface area contributed by atoms with Gasteiger partial charge in [0, 0.05) is 13.0 Å². The standard InChI is InChI=1S/C18H30O5/c1-17(2,3)18(4,5)16(20)23-14-9-11-7-12(14)13(8-11)15(19)22-10-21-6/h11-14H,7-10H2,1-6H3. The van der Waals surface area contributed by atoms with Crippen molar-refractivity contribution in [1.82, 2.24) is 0 Å². The van der Waals surface area contributed by atoms with Crippen molar-refractivity contribution in [3.05, 3.63) is 0 Å². The van der Waals surface area contributed by atoms with E-state index in [-0.39, 0.29) is 42.1 Å². The lowest BCUT2D eigenvalue weighted by molar-refractivity contribution is -0.175. The second-order valence-electron chi connectivity index (χ2n) is 8.53. The molecule has 23 heavy (non-hydrogen) atoms. The van der Waals surface area contributed by atoms with Gasteiger partial charge < -0.3 is 14.2 Å². The molecule has 0 aromatic heterocycles. The number of hydrogen-bond acceptors (Lipinski definition) is 5. The van der Waals surface area contributed by atoms with Gasteiger partial charge in [-0.3, -0.25) is 9.59 Å². The van der Waals surface area contributed by atoms with Gasteiger partial charge in [0.05, 0.1) is 11.3 Å². The van der Waals surface area contributed by atoms with Crippen LogP contribution in [0.4, 0.5) is 0 Å². The summed E-state index contributed by atoms with van der Waals surface area (Å²) in [5, 5.41) is 0. The van der Waals surface area contributed by atoms with E-state index in [1.54, 1.807) is 0 Å². The van der Waals surface area contributed by atoms with Crippen molar-refractivity contribution in [2.75, 3.05) is 13.9 Å². The Kier molecular flexibility index (Phi) is 5.09. The third kappa shape index (κ3) is 3.54. The molecular formula is C18H30O5. The molecule has 4 unspecified atom stereocenters. The van der Waals surface area contributed by atoms with E-state index in [0.717, 1.165) is 19.3 Å². The summed E-state index contributed by atoms with van der Waals surface area (Å²) >= 11 is 0. The van der Waals surface area contributed by atoms with Crippen LogP contribution in [0.15, 0.2) is 0 Å². The fourth-order valence-electron chi connectivity index (χ4n) is 3.51. The number of methoxy groups -OCH3 is 1. The number of fused-ring (bicyclic) bond motifs is 2. The van der Waals surface area contributed by atoms with E-state index in [9.17, 15) is 9.59 Å². The zero-order valence-corrected chi connectivity index (χ0v) is 15.2. The van der Waals surface area contributed by atoms with Gasteiger partial charge in [0.1, 0.15) is 6.10 Å². The number of rotatable bonds is 5. The SMILES string of the molecule is COCOC(=O)C1CC2CC(OC(=O)C(C)(C)C(C)(C)C)C1C2. The Bertz CT molecular complexity index is 463. The Morgan fingerprint density at radius 2 is 1.70 bits per heavy atom. The number of esters is 2. The first-order valence-corrected chi connectivity index (χ1v) is 8.44. The van der Waals surface area contributed by atoms with Crippen molar-refractivity contribution in [3.8, 4) is 0 Å². The zero-order valence-electron chi connectivity index (χ0n) is 15.2. The van der Waals surface area contributed by atoms with Crippen molar-refractivity contribution < 1.29 is 23.8 Å². The molecule has 2 rings (SSSR count). The molecule has 0 heterocycles. The minimum absolute atomic E-state index is 0.0196. The summed E-state index contributed by atoms with van der Waals surface area (Å²) in [5.41, 5.74) is -0.751. The number of ether oxygens (including phenoxy) is 3. The van der Waals surface area contributed by atoms with Gasteiger partial charge in [-0.05, 0) is 44.4 Å². The van der Waals surface area contributed by atoms with E-state index in [0.29, 0.717) is 5.92 Å². The highest BCUT2D eigenvalue weighted by atomic mass is 16.7. The summed E-state index contributed by atoms with van der Waals surface area (Å²) in [6.07, 6.45) is 2.48. The largest absolute Gasteiger partial charge is 0.462 e. The third-order valence-electron chi connectivity index (χ3n) is 6.02. The Labute approximate surface area is 139 Å². The van der Waals surface area contributed by atoms with Gasteiger partial charge in [-0.25, -0.2) is 0 Å². The minimum atomic E-state index is -0.569. The molecule has 0 aromatic rings. The molecular weight excluding hydrogens is 296 g/mol. The fraction of sp³-hybridized carbons (Fsp3) is 0.889. The molecule has 4 atom stereocenters. The van der Waals surface area contributed by atoms with E-state index in [4.69, 9.17) is 14.2 Å². The topological polar surface area (TPSA) is 61.8 Å². The van der Waals surface area contributed by atoms with Gasteiger partial charge in [0.2, 0.25) is 0 Å². The van der Waals surface area contributed by atoms with Gasteiger partial charge in [0.25, 0.3) is 0 Å². The molecule has 0 N–H and O–H groups in total. The van der Waals surface area contributed by atoms with Crippen LogP contribution in [0.3, 0.4) is 0 Å². The molecule has 2 fully saturated rings. The molecule has 5 nitrogen and oxygen atoms in total. The maximum Gasteiger partial charge on any atom is 0.312 e. The minimum Gasteiger partial charge on any atom is -0.462 e. The summed E-state index contributed by atoms with van der Waals surface area (Å²) in [5.74, 6) is -0.0269. The summed E-state index contributed by atoms with van der Waals surface area (Å²) < 4.78 is 15.7. The van der Waals surface area contributed by atoms with Crippen LogP contribution in [0.25, 0.3) is 0 Å². The van der Waals surface area contributed by atoms with Crippen LogP contribution in [0.5, 0.6) is 0 Å². The molecule has 132 valence electrons. The van der Waals surface area contributed by atoms with Gasteiger partial charge >= 0.3 is 11.9 Å². The van der Waals surface area contributed by atoms with Crippen LogP contribution in [-0.2, 0) is 23.8 Å².